The molecule has 1 aromatic rings. The summed E-state index contributed by atoms with van der Waals surface area (Å²) in [7, 11) is 0. The summed E-state index contributed by atoms with van der Waals surface area (Å²) in [5.74, 6) is 0.736. The van der Waals surface area contributed by atoms with E-state index in [9.17, 15) is 0 Å². The number of nitrogens with one attached hydrogen (secondary N) is 1. The third-order valence-electron chi connectivity index (χ3n) is 5.31. The molecule has 1 spiro atoms. The monoisotopic (exact) mass is 321 g/mol. The summed E-state index contributed by atoms with van der Waals surface area (Å²) >= 11 is 0. The summed E-state index contributed by atoms with van der Waals surface area (Å²) < 4.78 is 23.3. The predicted molar refractivity (Wildman–Crippen MR) is 85.2 cm³/mol. The average molecular weight is 321 g/mol. The molecule has 3 heterocycles. The van der Waals surface area contributed by atoms with E-state index in [1.165, 1.54) is 5.56 Å². The number of rotatable bonds is 3. The summed E-state index contributed by atoms with van der Waals surface area (Å²) in [6.45, 7) is 7.55. The first-order valence-electron chi connectivity index (χ1n) is 8.75. The van der Waals surface area contributed by atoms with Crippen molar-refractivity contribution in [3.8, 4) is 0 Å². The molecule has 128 valence electrons. The van der Waals surface area contributed by atoms with Crippen LogP contribution in [0.3, 0.4) is 0 Å². The molecule has 2 fully saturated rings. The van der Waals surface area contributed by atoms with Gasteiger partial charge in [-0.2, -0.15) is 0 Å². The molecule has 4 rings (SSSR count). The highest BCUT2D eigenvalue weighted by Gasteiger charge is 2.43. The number of hydrogen-bond donors (Lipinski definition) is 1. The van der Waals surface area contributed by atoms with Crippen LogP contribution in [0, 0.1) is 5.41 Å². The molecule has 0 unspecified atom stereocenters. The predicted octanol–water partition coefficient (Wildman–Crippen LogP) is 2.80. The van der Waals surface area contributed by atoms with Gasteiger partial charge in [0.25, 0.3) is 0 Å². The van der Waals surface area contributed by atoms with Crippen molar-refractivity contribution in [1.29, 1.82) is 0 Å². The van der Waals surface area contributed by atoms with Gasteiger partial charge in [-0.25, -0.2) is 0 Å². The summed E-state index contributed by atoms with van der Waals surface area (Å²) in [6, 6.07) is 2.44. The Morgan fingerprint density at radius 1 is 1.26 bits per heavy atom. The van der Waals surface area contributed by atoms with Crippen LogP contribution in [0.5, 0.6) is 0 Å². The van der Waals surface area contributed by atoms with Crippen molar-refractivity contribution in [3.63, 3.8) is 0 Å². The van der Waals surface area contributed by atoms with Crippen molar-refractivity contribution in [3.05, 3.63) is 23.7 Å². The molecule has 5 nitrogen and oxygen atoms in total. The zero-order valence-electron chi connectivity index (χ0n) is 14.1. The van der Waals surface area contributed by atoms with E-state index in [1.807, 2.05) is 6.26 Å². The maximum Gasteiger partial charge on any atom is 0.173 e. The number of ether oxygens (including phenoxy) is 3. The fourth-order valence-corrected chi connectivity index (χ4v) is 4.09. The fraction of sp³-hybridized carbons (Fsp3) is 0.778. The summed E-state index contributed by atoms with van der Waals surface area (Å²) in [6.07, 6.45) is 5.74. The van der Waals surface area contributed by atoms with Gasteiger partial charge < -0.3 is 23.9 Å². The second-order valence-corrected chi connectivity index (χ2v) is 7.88. The maximum atomic E-state index is 6.21. The zero-order chi connectivity index (χ0) is 15.9. The van der Waals surface area contributed by atoms with Crippen LogP contribution in [0.4, 0.5) is 0 Å². The first-order valence-corrected chi connectivity index (χ1v) is 8.75. The Balaban J connectivity index is 1.37. The summed E-state index contributed by atoms with van der Waals surface area (Å²) in [5, 5.41) is 3.69. The molecule has 23 heavy (non-hydrogen) atoms. The van der Waals surface area contributed by atoms with E-state index in [2.05, 4.69) is 25.2 Å². The third-order valence-corrected chi connectivity index (χ3v) is 5.31. The van der Waals surface area contributed by atoms with Crippen LogP contribution in [0.1, 0.15) is 50.5 Å². The molecule has 0 radical (unpaired) electrons. The van der Waals surface area contributed by atoms with Gasteiger partial charge >= 0.3 is 0 Å². The average Bonchev–Trinajstić information content (AvgIpc) is 3.12. The molecule has 2 aliphatic heterocycles. The smallest absolute Gasteiger partial charge is 0.173 e. The normalized spacial score (nSPS) is 32.1. The Hall–Kier alpha value is -0.880. The molecular weight excluding hydrogens is 294 g/mol. The van der Waals surface area contributed by atoms with Crippen molar-refractivity contribution in [1.82, 2.24) is 5.32 Å². The first-order chi connectivity index (χ1) is 11.1. The van der Waals surface area contributed by atoms with Crippen LogP contribution in [-0.4, -0.2) is 38.3 Å². The lowest BCUT2D eigenvalue weighted by Crippen LogP contribution is -2.40. The van der Waals surface area contributed by atoms with Crippen molar-refractivity contribution in [2.45, 2.75) is 57.5 Å². The first kappa shape index (κ1) is 15.6. The molecule has 1 N–H and O–H groups in total. The Morgan fingerprint density at radius 3 is 2.91 bits per heavy atom. The van der Waals surface area contributed by atoms with E-state index >= 15 is 0 Å². The Labute approximate surface area is 137 Å². The van der Waals surface area contributed by atoms with Crippen molar-refractivity contribution in [2.24, 2.45) is 5.41 Å². The zero-order valence-corrected chi connectivity index (χ0v) is 14.1. The van der Waals surface area contributed by atoms with Crippen LogP contribution in [-0.2, 0) is 20.6 Å². The van der Waals surface area contributed by atoms with Crippen LogP contribution < -0.4 is 5.32 Å². The molecule has 0 amide bonds. The van der Waals surface area contributed by atoms with Gasteiger partial charge in [0.1, 0.15) is 5.76 Å². The molecule has 0 aromatic carbocycles. The SMILES string of the molecule is CC1(C)Cc2occc2[C@H](NC[C@@H]2COC3(CCOCC3)O2)C1. The van der Waals surface area contributed by atoms with E-state index < -0.39 is 5.79 Å². The van der Waals surface area contributed by atoms with Crippen LogP contribution >= 0.6 is 0 Å². The molecule has 1 aliphatic carbocycles. The van der Waals surface area contributed by atoms with Crippen molar-refractivity contribution < 1.29 is 18.6 Å². The van der Waals surface area contributed by atoms with Crippen LogP contribution in [0.25, 0.3) is 0 Å². The number of furan rings is 1. The minimum Gasteiger partial charge on any atom is -0.469 e. The van der Waals surface area contributed by atoms with Gasteiger partial charge in [-0.15, -0.1) is 0 Å². The second-order valence-electron chi connectivity index (χ2n) is 7.88. The highest BCUT2D eigenvalue weighted by molar-refractivity contribution is 5.26. The molecule has 5 heteroatoms. The minimum absolute atomic E-state index is 0.119. The van der Waals surface area contributed by atoms with E-state index in [0.717, 1.165) is 51.2 Å². The van der Waals surface area contributed by atoms with Gasteiger partial charge in [-0.05, 0) is 17.9 Å². The van der Waals surface area contributed by atoms with Crippen LogP contribution in [0.15, 0.2) is 16.7 Å². The Morgan fingerprint density at radius 2 is 2.09 bits per heavy atom. The maximum absolute atomic E-state index is 6.21. The Kier molecular flexibility index (Phi) is 4.00. The van der Waals surface area contributed by atoms with Gasteiger partial charge in [0, 0.05) is 37.4 Å². The highest BCUT2D eigenvalue weighted by Crippen LogP contribution is 2.41. The lowest BCUT2D eigenvalue weighted by atomic mass is 9.75. The van der Waals surface area contributed by atoms with E-state index in [0.29, 0.717) is 12.6 Å². The van der Waals surface area contributed by atoms with Gasteiger partial charge in [0.15, 0.2) is 5.79 Å². The number of hydrogen-bond acceptors (Lipinski definition) is 5. The molecule has 1 aromatic heterocycles. The third kappa shape index (κ3) is 3.20. The highest BCUT2D eigenvalue weighted by atomic mass is 16.7. The quantitative estimate of drug-likeness (QED) is 0.928. The van der Waals surface area contributed by atoms with Gasteiger partial charge in [0.05, 0.1) is 32.2 Å². The Bertz CT molecular complexity index is 547. The minimum atomic E-state index is -0.392. The van der Waals surface area contributed by atoms with Crippen LogP contribution in [0.2, 0.25) is 0 Å². The summed E-state index contributed by atoms with van der Waals surface area (Å²) in [5.41, 5.74) is 1.57. The van der Waals surface area contributed by atoms with Crippen molar-refractivity contribution >= 4 is 0 Å². The molecule has 3 aliphatic rings. The number of fused-ring (bicyclic) bond motifs is 1. The fourth-order valence-electron chi connectivity index (χ4n) is 4.09. The lowest BCUT2D eigenvalue weighted by molar-refractivity contribution is -0.210. The van der Waals surface area contributed by atoms with E-state index in [-0.39, 0.29) is 11.5 Å². The molecule has 0 saturated carbocycles. The second kappa shape index (κ2) is 5.88. The molecular formula is C18H27NO4. The van der Waals surface area contributed by atoms with Gasteiger partial charge in [0.2, 0.25) is 0 Å². The topological polar surface area (TPSA) is 52.9 Å². The van der Waals surface area contributed by atoms with E-state index in [1.54, 1.807) is 0 Å². The molecule has 2 saturated heterocycles. The molecule has 0 bridgehead atoms. The van der Waals surface area contributed by atoms with Gasteiger partial charge in [-0.3, -0.25) is 0 Å². The standard InChI is InChI=1S/C18H27NO4/c1-17(2)9-15(14-3-6-21-16(14)10-17)19-11-13-12-22-18(23-13)4-7-20-8-5-18/h3,6,13,15,19H,4-5,7-12H2,1-2H3/t13-,15-/m1/s1. The van der Waals surface area contributed by atoms with Gasteiger partial charge in [-0.1, -0.05) is 13.8 Å². The van der Waals surface area contributed by atoms with E-state index in [4.69, 9.17) is 18.6 Å². The summed E-state index contributed by atoms with van der Waals surface area (Å²) in [4.78, 5) is 0. The molecule has 2 atom stereocenters. The largest absolute Gasteiger partial charge is 0.469 e. The lowest BCUT2D eigenvalue weighted by Gasteiger charge is -2.35. The van der Waals surface area contributed by atoms with Crippen molar-refractivity contribution in [2.75, 3.05) is 26.4 Å².